The van der Waals surface area contributed by atoms with Crippen molar-refractivity contribution < 1.29 is 9.53 Å². The first-order valence-electron chi connectivity index (χ1n) is 7.35. The van der Waals surface area contributed by atoms with Crippen molar-refractivity contribution in [3.63, 3.8) is 0 Å². The lowest BCUT2D eigenvalue weighted by atomic mass is 10.4. The van der Waals surface area contributed by atoms with Crippen LogP contribution in [-0.4, -0.2) is 54.0 Å². The van der Waals surface area contributed by atoms with Crippen LogP contribution in [0.1, 0.15) is 12.8 Å². The van der Waals surface area contributed by atoms with Crippen molar-refractivity contribution in [2.24, 2.45) is 0 Å². The van der Waals surface area contributed by atoms with Crippen LogP contribution in [0.4, 0.5) is 4.79 Å². The van der Waals surface area contributed by atoms with Crippen molar-refractivity contribution in [1.29, 1.82) is 0 Å². The minimum absolute atomic E-state index is 0.338. The van der Waals surface area contributed by atoms with Gasteiger partial charge >= 0.3 is 6.09 Å². The maximum absolute atomic E-state index is 12.5. The van der Waals surface area contributed by atoms with E-state index in [9.17, 15) is 4.79 Å². The Labute approximate surface area is 134 Å². The number of hydrogen-bond donors (Lipinski definition) is 0. The fraction of sp³-hybridized carbons (Fsp3) is 0.412. The lowest BCUT2D eigenvalue weighted by Crippen LogP contribution is -2.56. The molecule has 0 N–H and O–H groups in total. The van der Waals surface area contributed by atoms with Gasteiger partial charge in [0.2, 0.25) is 0 Å². The van der Waals surface area contributed by atoms with E-state index in [1.165, 1.54) is 5.12 Å². The molecule has 0 unspecified atom stereocenters. The minimum atomic E-state index is -0.444. The number of ether oxygens (including phenoxy) is 1. The number of carbonyl (C=O) groups is 1. The molecule has 123 valence electrons. The monoisotopic (exact) mass is 306 g/mol. The molecular weight excluding hydrogens is 278 g/mol. The second kappa shape index (κ2) is 12.9. The van der Waals surface area contributed by atoms with E-state index in [2.05, 4.69) is 33.2 Å². The predicted molar refractivity (Wildman–Crippen MR) is 91.7 cm³/mol. The van der Waals surface area contributed by atoms with Crippen molar-refractivity contribution in [3.8, 4) is 0 Å². The van der Waals surface area contributed by atoms with Crippen LogP contribution in [0.5, 0.6) is 0 Å². The molecule has 0 aliphatic rings. The molecule has 0 aromatic carbocycles. The van der Waals surface area contributed by atoms with Gasteiger partial charge in [-0.1, -0.05) is 37.6 Å². The molecule has 0 spiro atoms. The van der Waals surface area contributed by atoms with E-state index < -0.39 is 6.09 Å². The molecule has 0 rings (SSSR count). The Morgan fingerprint density at radius 3 is 1.59 bits per heavy atom. The summed E-state index contributed by atoms with van der Waals surface area (Å²) in [7, 11) is 0. The first-order chi connectivity index (χ1) is 10.7. The molecule has 0 saturated heterocycles. The van der Waals surface area contributed by atoms with Gasteiger partial charge in [-0.25, -0.2) is 4.79 Å². The molecule has 0 heterocycles. The maximum Gasteiger partial charge on any atom is 0.439 e. The van der Waals surface area contributed by atoms with E-state index in [1.807, 2.05) is 0 Å². The third kappa shape index (κ3) is 7.24. The average Bonchev–Trinajstić information content (AvgIpc) is 2.48. The van der Waals surface area contributed by atoms with Gasteiger partial charge < -0.3 is 4.74 Å². The number of nitrogens with zero attached hydrogens (tertiary/aromatic N) is 3. The van der Waals surface area contributed by atoms with Gasteiger partial charge in [0.05, 0.1) is 6.61 Å². The van der Waals surface area contributed by atoms with Crippen LogP contribution < -0.4 is 0 Å². The molecular formula is C17H28N3O2. The first-order valence-corrected chi connectivity index (χ1v) is 7.35. The van der Waals surface area contributed by atoms with Gasteiger partial charge in [-0.15, -0.1) is 26.3 Å². The van der Waals surface area contributed by atoms with Crippen LogP contribution in [0.2, 0.25) is 0 Å². The van der Waals surface area contributed by atoms with Crippen molar-refractivity contribution >= 4 is 6.09 Å². The third-order valence-electron chi connectivity index (χ3n) is 2.68. The minimum Gasteiger partial charge on any atom is -0.447 e. The molecule has 0 fully saturated rings. The third-order valence-corrected chi connectivity index (χ3v) is 2.68. The summed E-state index contributed by atoms with van der Waals surface area (Å²) in [5.41, 5.74) is 0. The highest BCUT2D eigenvalue weighted by molar-refractivity contribution is 5.66. The summed E-state index contributed by atoms with van der Waals surface area (Å²) in [6.07, 6.45) is 7.89. The second-order valence-electron chi connectivity index (χ2n) is 4.51. The van der Waals surface area contributed by atoms with Crippen molar-refractivity contribution in [2.45, 2.75) is 12.8 Å². The Hall–Kier alpha value is -1.85. The lowest BCUT2D eigenvalue weighted by molar-refractivity contribution is -0.141. The number of carbonyl (C=O) groups excluding carboxylic acids is 1. The van der Waals surface area contributed by atoms with Crippen molar-refractivity contribution in [2.75, 3.05) is 32.8 Å². The predicted octanol–water partition coefficient (Wildman–Crippen LogP) is 3.22. The SMILES string of the molecule is [CH2]CCCOC(=O)N(N(CC=C)CC=C)N(CC=C)CC=C. The van der Waals surface area contributed by atoms with E-state index in [4.69, 9.17) is 4.74 Å². The van der Waals surface area contributed by atoms with Gasteiger partial charge in [-0.3, -0.25) is 0 Å². The fourth-order valence-corrected chi connectivity index (χ4v) is 1.78. The van der Waals surface area contributed by atoms with E-state index in [-0.39, 0.29) is 0 Å². The molecule has 0 aromatic heterocycles. The van der Waals surface area contributed by atoms with E-state index in [0.29, 0.717) is 32.8 Å². The molecule has 0 aromatic rings. The fourth-order valence-electron chi connectivity index (χ4n) is 1.78. The number of hydrogen-bond acceptors (Lipinski definition) is 4. The largest absolute Gasteiger partial charge is 0.447 e. The Morgan fingerprint density at radius 2 is 1.27 bits per heavy atom. The molecule has 0 saturated carbocycles. The topological polar surface area (TPSA) is 36.0 Å². The molecule has 0 aliphatic heterocycles. The first kappa shape index (κ1) is 20.1. The zero-order valence-corrected chi connectivity index (χ0v) is 13.5. The van der Waals surface area contributed by atoms with Crippen LogP contribution >= 0.6 is 0 Å². The summed E-state index contributed by atoms with van der Waals surface area (Å²) in [6.45, 7) is 20.9. The molecule has 1 amide bonds. The Morgan fingerprint density at radius 1 is 0.864 bits per heavy atom. The summed E-state index contributed by atoms with van der Waals surface area (Å²) in [4.78, 5) is 12.5. The van der Waals surface area contributed by atoms with Crippen LogP contribution in [0.25, 0.3) is 0 Å². The van der Waals surface area contributed by atoms with Gasteiger partial charge in [0.15, 0.2) is 0 Å². The van der Waals surface area contributed by atoms with Gasteiger partial charge in [-0.05, 0) is 6.42 Å². The Kier molecular flexibility index (Phi) is 11.8. The number of rotatable bonds is 13. The van der Waals surface area contributed by atoms with E-state index in [0.717, 1.165) is 12.8 Å². The Bertz CT molecular complexity index is 325. The number of unbranched alkanes of at least 4 members (excludes halogenated alkanes) is 1. The second-order valence-corrected chi connectivity index (χ2v) is 4.51. The van der Waals surface area contributed by atoms with Crippen molar-refractivity contribution in [1.82, 2.24) is 15.1 Å². The molecule has 1 radical (unpaired) electrons. The molecule has 0 atom stereocenters. The summed E-state index contributed by atoms with van der Waals surface area (Å²) in [5, 5.41) is 5.05. The molecule has 5 nitrogen and oxygen atoms in total. The van der Waals surface area contributed by atoms with Gasteiger partial charge in [0.25, 0.3) is 0 Å². The summed E-state index contributed by atoms with van der Waals surface area (Å²) < 4.78 is 5.32. The number of hydrazine groups is 2. The van der Waals surface area contributed by atoms with Gasteiger partial charge in [-0.2, -0.15) is 15.1 Å². The highest BCUT2D eigenvalue weighted by atomic mass is 16.6. The zero-order chi connectivity index (χ0) is 16.8. The lowest BCUT2D eigenvalue weighted by Gasteiger charge is -2.39. The van der Waals surface area contributed by atoms with Gasteiger partial charge in [0, 0.05) is 26.2 Å². The van der Waals surface area contributed by atoms with Crippen LogP contribution in [0, 0.1) is 6.92 Å². The standard InChI is InChI=1S/C17H28N3O2/c1-6-11-16-22-17(21)20(18(12-7-2)13-8-3)19(14-9-4)15-10-5/h7-10H,1-6,11-16H2. The quantitative estimate of drug-likeness (QED) is 0.297. The smallest absolute Gasteiger partial charge is 0.439 e. The zero-order valence-electron chi connectivity index (χ0n) is 13.5. The van der Waals surface area contributed by atoms with Crippen LogP contribution in [0.15, 0.2) is 50.6 Å². The molecule has 5 heteroatoms. The van der Waals surface area contributed by atoms with Gasteiger partial charge in [0.1, 0.15) is 0 Å². The van der Waals surface area contributed by atoms with Crippen molar-refractivity contribution in [3.05, 3.63) is 57.5 Å². The normalized spacial score (nSPS) is 10.3. The summed E-state index contributed by atoms with van der Waals surface area (Å²) in [5.74, 6) is 0. The number of amides is 1. The highest BCUT2D eigenvalue weighted by Gasteiger charge is 2.27. The van der Waals surface area contributed by atoms with Crippen LogP contribution in [0.3, 0.4) is 0 Å². The summed E-state index contributed by atoms with van der Waals surface area (Å²) >= 11 is 0. The van der Waals surface area contributed by atoms with Crippen LogP contribution in [-0.2, 0) is 4.74 Å². The molecule has 0 bridgehead atoms. The Balaban J connectivity index is 5.24. The summed E-state index contributed by atoms with van der Waals surface area (Å²) in [6, 6.07) is 0. The maximum atomic E-state index is 12.5. The van der Waals surface area contributed by atoms with E-state index in [1.54, 1.807) is 34.3 Å². The molecule has 22 heavy (non-hydrogen) atoms. The average molecular weight is 306 g/mol. The van der Waals surface area contributed by atoms with E-state index >= 15 is 0 Å². The molecule has 0 aliphatic carbocycles. The highest BCUT2D eigenvalue weighted by Crippen LogP contribution is 2.09.